The third kappa shape index (κ3) is 4.65. The molecule has 3 aromatic rings. The van der Waals surface area contributed by atoms with Crippen molar-refractivity contribution < 1.29 is 21.9 Å². The Morgan fingerprint density at radius 3 is 2.27 bits per heavy atom. The summed E-state index contributed by atoms with van der Waals surface area (Å²) in [6.07, 6.45) is 0. The average Bonchev–Trinajstić information content (AvgIpc) is 2.62. The Labute approximate surface area is 150 Å². The summed E-state index contributed by atoms with van der Waals surface area (Å²) in [5.74, 6) is -0.0385. The lowest BCUT2D eigenvalue weighted by molar-refractivity contribution is 0.479. The summed E-state index contributed by atoms with van der Waals surface area (Å²) in [7, 11) is -3.83. The smallest absolute Gasteiger partial charge is 0.240 e. The second kappa shape index (κ2) is 7.63. The molecule has 0 radical (unpaired) electrons. The fourth-order valence-electron chi connectivity index (χ4n) is 2.25. The first-order valence-corrected chi connectivity index (χ1v) is 9.18. The monoisotopic (exact) mass is 375 g/mol. The van der Waals surface area contributed by atoms with E-state index in [1.807, 2.05) is 0 Å². The van der Waals surface area contributed by atoms with Gasteiger partial charge in [-0.15, -0.1) is 0 Å². The average molecular weight is 375 g/mol. The van der Waals surface area contributed by atoms with Gasteiger partial charge in [0, 0.05) is 6.54 Å². The zero-order valence-electron chi connectivity index (χ0n) is 13.5. The molecule has 0 fully saturated rings. The minimum atomic E-state index is -3.83. The number of benzene rings is 3. The lowest BCUT2D eigenvalue weighted by Gasteiger charge is -2.09. The van der Waals surface area contributed by atoms with Crippen LogP contribution in [-0.2, 0) is 16.6 Å². The van der Waals surface area contributed by atoms with E-state index < -0.39 is 15.8 Å². The number of ether oxygens (including phenoxy) is 1. The third-order valence-corrected chi connectivity index (χ3v) is 4.92. The van der Waals surface area contributed by atoms with Gasteiger partial charge in [-0.05, 0) is 60.2 Å². The van der Waals surface area contributed by atoms with Gasteiger partial charge < -0.3 is 4.74 Å². The molecule has 0 aliphatic carbocycles. The van der Waals surface area contributed by atoms with Crippen molar-refractivity contribution >= 4 is 10.0 Å². The molecule has 4 nitrogen and oxygen atoms in total. The van der Waals surface area contributed by atoms with E-state index in [2.05, 4.69) is 4.72 Å². The second-order valence-corrected chi connectivity index (χ2v) is 7.25. The molecule has 0 atom stereocenters. The van der Waals surface area contributed by atoms with Crippen molar-refractivity contribution in [2.24, 2.45) is 0 Å². The normalized spacial score (nSPS) is 11.3. The maximum absolute atomic E-state index is 13.2. The molecular weight excluding hydrogens is 360 g/mol. The minimum absolute atomic E-state index is 0.0134. The van der Waals surface area contributed by atoms with Crippen molar-refractivity contribution in [3.8, 4) is 11.5 Å². The van der Waals surface area contributed by atoms with E-state index in [0.29, 0.717) is 17.1 Å². The molecule has 0 unspecified atom stereocenters. The molecule has 7 heteroatoms. The first kappa shape index (κ1) is 18.0. The van der Waals surface area contributed by atoms with Gasteiger partial charge in [-0.2, -0.15) is 0 Å². The van der Waals surface area contributed by atoms with Gasteiger partial charge in [-0.1, -0.05) is 18.2 Å². The van der Waals surface area contributed by atoms with E-state index in [-0.39, 0.29) is 17.3 Å². The van der Waals surface area contributed by atoms with Crippen molar-refractivity contribution in [1.82, 2.24) is 4.72 Å². The lowest BCUT2D eigenvalue weighted by atomic mass is 10.2. The molecule has 0 bridgehead atoms. The van der Waals surface area contributed by atoms with Crippen molar-refractivity contribution in [1.29, 1.82) is 0 Å². The van der Waals surface area contributed by atoms with Gasteiger partial charge in [-0.3, -0.25) is 0 Å². The standard InChI is InChI=1S/C19H15F2NO3S/c20-15-7-9-17(10-8-15)25-18-5-1-3-14(11-18)13-22-26(23,24)19-6-2-4-16(21)12-19/h1-12,22H,13H2. The van der Waals surface area contributed by atoms with Gasteiger partial charge in [0.05, 0.1) is 4.90 Å². The van der Waals surface area contributed by atoms with Crippen LogP contribution in [-0.4, -0.2) is 8.42 Å². The summed E-state index contributed by atoms with van der Waals surface area (Å²) in [5.41, 5.74) is 0.657. The minimum Gasteiger partial charge on any atom is -0.457 e. The highest BCUT2D eigenvalue weighted by Crippen LogP contribution is 2.22. The summed E-state index contributed by atoms with van der Waals surface area (Å²) in [6, 6.07) is 17.1. The number of sulfonamides is 1. The molecule has 1 N–H and O–H groups in total. The van der Waals surface area contributed by atoms with Crippen LogP contribution in [0.5, 0.6) is 11.5 Å². The Bertz CT molecular complexity index is 1010. The van der Waals surface area contributed by atoms with Crippen molar-refractivity contribution in [2.45, 2.75) is 11.4 Å². The fraction of sp³-hybridized carbons (Fsp3) is 0.0526. The van der Waals surface area contributed by atoms with Crippen LogP contribution < -0.4 is 9.46 Å². The van der Waals surface area contributed by atoms with Gasteiger partial charge in [-0.25, -0.2) is 21.9 Å². The topological polar surface area (TPSA) is 55.4 Å². The predicted octanol–water partition coefficient (Wildman–Crippen LogP) is 4.24. The van der Waals surface area contributed by atoms with Gasteiger partial charge in [0.15, 0.2) is 0 Å². The molecular formula is C19H15F2NO3S. The van der Waals surface area contributed by atoms with Crippen molar-refractivity contribution in [3.63, 3.8) is 0 Å². The van der Waals surface area contributed by atoms with Crippen LogP contribution in [0.3, 0.4) is 0 Å². The number of hydrogen-bond acceptors (Lipinski definition) is 3. The molecule has 0 saturated carbocycles. The SMILES string of the molecule is O=S(=O)(NCc1cccc(Oc2ccc(F)cc2)c1)c1cccc(F)c1. The summed E-state index contributed by atoms with van der Waals surface area (Å²) in [4.78, 5) is -0.142. The Kier molecular flexibility index (Phi) is 5.29. The van der Waals surface area contributed by atoms with E-state index >= 15 is 0 Å². The zero-order chi connectivity index (χ0) is 18.6. The largest absolute Gasteiger partial charge is 0.457 e. The highest BCUT2D eigenvalue weighted by Gasteiger charge is 2.14. The molecule has 26 heavy (non-hydrogen) atoms. The Balaban J connectivity index is 1.69. The molecule has 0 aliphatic heterocycles. The van der Waals surface area contributed by atoms with Crippen LogP contribution in [0.15, 0.2) is 77.7 Å². The predicted molar refractivity (Wildman–Crippen MR) is 93.3 cm³/mol. The van der Waals surface area contributed by atoms with Crippen LogP contribution in [0.25, 0.3) is 0 Å². The van der Waals surface area contributed by atoms with Crippen LogP contribution in [0.2, 0.25) is 0 Å². The first-order chi connectivity index (χ1) is 12.4. The van der Waals surface area contributed by atoms with E-state index in [1.54, 1.807) is 24.3 Å². The molecule has 0 saturated heterocycles. The van der Waals surface area contributed by atoms with Crippen molar-refractivity contribution in [2.75, 3.05) is 0 Å². The molecule has 0 heterocycles. The molecule has 0 amide bonds. The van der Waals surface area contributed by atoms with E-state index in [1.165, 1.54) is 42.5 Å². The molecule has 134 valence electrons. The van der Waals surface area contributed by atoms with Gasteiger partial charge in [0.1, 0.15) is 23.1 Å². The van der Waals surface area contributed by atoms with Crippen LogP contribution >= 0.6 is 0 Å². The number of rotatable bonds is 6. The molecule has 0 aromatic heterocycles. The Hall–Kier alpha value is -2.77. The number of halogens is 2. The second-order valence-electron chi connectivity index (χ2n) is 5.49. The van der Waals surface area contributed by atoms with E-state index in [0.717, 1.165) is 6.07 Å². The highest BCUT2D eigenvalue weighted by atomic mass is 32.2. The fourth-order valence-corrected chi connectivity index (χ4v) is 3.30. The molecule has 3 rings (SSSR count). The lowest BCUT2D eigenvalue weighted by Crippen LogP contribution is -2.23. The van der Waals surface area contributed by atoms with Crippen LogP contribution in [0, 0.1) is 11.6 Å². The first-order valence-electron chi connectivity index (χ1n) is 7.70. The Morgan fingerprint density at radius 1 is 0.808 bits per heavy atom. The molecule has 0 spiro atoms. The maximum atomic E-state index is 13.2. The van der Waals surface area contributed by atoms with E-state index in [4.69, 9.17) is 4.74 Å². The quantitative estimate of drug-likeness (QED) is 0.701. The van der Waals surface area contributed by atoms with Crippen LogP contribution in [0.1, 0.15) is 5.56 Å². The summed E-state index contributed by atoms with van der Waals surface area (Å²) < 4.78 is 58.6. The summed E-state index contributed by atoms with van der Waals surface area (Å²) in [6.45, 7) is 0.0134. The number of hydrogen-bond donors (Lipinski definition) is 1. The number of nitrogens with one attached hydrogen (secondary N) is 1. The van der Waals surface area contributed by atoms with Gasteiger partial charge in [0.25, 0.3) is 0 Å². The highest BCUT2D eigenvalue weighted by molar-refractivity contribution is 7.89. The third-order valence-electron chi connectivity index (χ3n) is 3.52. The molecule has 0 aliphatic rings. The van der Waals surface area contributed by atoms with Gasteiger partial charge >= 0.3 is 0 Å². The van der Waals surface area contributed by atoms with E-state index in [9.17, 15) is 17.2 Å². The maximum Gasteiger partial charge on any atom is 0.240 e. The Morgan fingerprint density at radius 2 is 1.54 bits per heavy atom. The summed E-state index contributed by atoms with van der Waals surface area (Å²) in [5, 5.41) is 0. The van der Waals surface area contributed by atoms with Crippen molar-refractivity contribution in [3.05, 3.63) is 90.0 Å². The zero-order valence-corrected chi connectivity index (χ0v) is 14.3. The van der Waals surface area contributed by atoms with Crippen LogP contribution in [0.4, 0.5) is 8.78 Å². The molecule has 3 aromatic carbocycles. The van der Waals surface area contributed by atoms with Gasteiger partial charge in [0.2, 0.25) is 10.0 Å². The summed E-state index contributed by atoms with van der Waals surface area (Å²) >= 11 is 0.